The second kappa shape index (κ2) is 5.61. The lowest BCUT2D eigenvalue weighted by Crippen LogP contribution is -2.53. The van der Waals surface area contributed by atoms with Crippen molar-refractivity contribution in [2.45, 2.75) is 25.0 Å². The largest absolute Gasteiger partial charge is 0.484 e. The molecule has 1 aromatic heterocycles. The third kappa shape index (κ3) is 2.66. The quantitative estimate of drug-likeness (QED) is 0.853. The summed E-state index contributed by atoms with van der Waals surface area (Å²) >= 11 is 0. The van der Waals surface area contributed by atoms with Gasteiger partial charge in [-0.05, 0) is 17.7 Å². The van der Waals surface area contributed by atoms with E-state index in [0.717, 1.165) is 38.2 Å². The zero-order chi connectivity index (χ0) is 14.8. The highest BCUT2D eigenvalue weighted by molar-refractivity contribution is 5.35. The van der Waals surface area contributed by atoms with E-state index in [-0.39, 0.29) is 5.60 Å². The maximum atomic E-state index is 6.20. The summed E-state index contributed by atoms with van der Waals surface area (Å²) in [5.74, 6) is 1.41. The molecule has 114 valence electrons. The summed E-state index contributed by atoms with van der Waals surface area (Å²) in [6, 6.07) is 14.4. The van der Waals surface area contributed by atoms with Crippen molar-refractivity contribution in [3.05, 3.63) is 54.2 Å². The molecule has 4 heteroatoms. The third-order valence-electron chi connectivity index (χ3n) is 4.56. The van der Waals surface area contributed by atoms with Crippen LogP contribution in [0, 0.1) is 0 Å². The minimum Gasteiger partial charge on any atom is -0.484 e. The van der Waals surface area contributed by atoms with E-state index in [1.165, 1.54) is 5.56 Å². The van der Waals surface area contributed by atoms with E-state index < -0.39 is 0 Å². The molecule has 0 amide bonds. The van der Waals surface area contributed by atoms with Gasteiger partial charge in [-0.3, -0.25) is 4.90 Å². The van der Waals surface area contributed by atoms with Crippen molar-refractivity contribution in [2.24, 2.45) is 0 Å². The Balaban J connectivity index is 1.40. The molecule has 0 saturated carbocycles. The van der Waals surface area contributed by atoms with E-state index in [0.29, 0.717) is 12.5 Å². The number of rotatable bonds is 2. The fourth-order valence-corrected chi connectivity index (χ4v) is 3.21. The molecule has 1 saturated heterocycles. The van der Waals surface area contributed by atoms with Gasteiger partial charge in [0.25, 0.3) is 5.88 Å². The van der Waals surface area contributed by atoms with Gasteiger partial charge in [0.15, 0.2) is 5.75 Å². The zero-order valence-electron chi connectivity index (χ0n) is 12.6. The normalized spacial score (nSPS) is 20.0. The van der Waals surface area contributed by atoms with Crippen molar-refractivity contribution in [2.75, 3.05) is 19.7 Å². The molecule has 2 aromatic rings. The van der Waals surface area contributed by atoms with E-state index in [2.05, 4.69) is 40.2 Å². The lowest BCUT2D eigenvalue weighted by atomic mass is 9.91. The predicted octanol–water partition coefficient (Wildman–Crippen LogP) is 2.89. The lowest BCUT2D eigenvalue weighted by Gasteiger charge is -2.43. The molecule has 0 bridgehead atoms. The van der Waals surface area contributed by atoms with Crippen LogP contribution in [0.1, 0.15) is 18.4 Å². The highest BCUT2D eigenvalue weighted by Gasteiger charge is 2.41. The molecule has 0 unspecified atom stereocenters. The SMILES string of the molecule is c1ccc(CN2CCC3(CC2)COc2cccnc2O3)cc1. The van der Waals surface area contributed by atoms with Crippen LogP contribution in [0.2, 0.25) is 0 Å². The number of hydrogen-bond acceptors (Lipinski definition) is 4. The molecule has 1 fully saturated rings. The van der Waals surface area contributed by atoms with Crippen LogP contribution < -0.4 is 9.47 Å². The molecule has 0 aliphatic carbocycles. The van der Waals surface area contributed by atoms with E-state index >= 15 is 0 Å². The number of benzene rings is 1. The van der Waals surface area contributed by atoms with Gasteiger partial charge in [-0.15, -0.1) is 0 Å². The number of hydrogen-bond donors (Lipinski definition) is 0. The molecule has 0 radical (unpaired) electrons. The molecule has 1 spiro atoms. The van der Waals surface area contributed by atoms with Gasteiger partial charge < -0.3 is 9.47 Å². The fourth-order valence-electron chi connectivity index (χ4n) is 3.21. The topological polar surface area (TPSA) is 34.6 Å². The Bertz CT molecular complexity index is 637. The summed E-state index contributed by atoms with van der Waals surface area (Å²) in [6.45, 7) is 3.69. The van der Waals surface area contributed by atoms with Gasteiger partial charge in [0.05, 0.1) is 0 Å². The molecule has 4 rings (SSSR count). The van der Waals surface area contributed by atoms with Crippen molar-refractivity contribution < 1.29 is 9.47 Å². The van der Waals surface area contributed by atoms with Crippen LogP contribution in [-0.2, 0) is 6.54 Å². The first-order valence-electron chi connectivity index (χ1n) is 7.86. The van der Waals surface area contributed by atoms with Crippen LogP contribution in [0.4, 0.5) is 0 Å². The Morgan fingerprint density at radius 2 is 1.86 bits per heavy atom. The second-order valence-corrected chi connectivity index (χ2v) is 6.14. The first kappa shape index (κ1) is 13.6. The molecule has 3 heterocycles. The number of fused-ring (bicyclic) bond motifs is 1. The fraction of sp³-hybridized carbons (Fsp3) is 0.389. The maximum absolute atomic E-state index is 6.20. The van der Waals surface area contributed by atoms with Gasteiger partial charge in [-0.2, -0.15) is 0 Å². The summed E-state index contributed by atoms with van der Waals surface area (Å²) in [5, 5.41) is 0. The Morgan fingerprint density at radius 3 is 2.68 bits per heavy atom. The molecular formula is C18H20N2O2. The summed E-state index contributed by atoms with van der Waals surface area (Å²) in [4.78, 5) is 6.78. The number of pyridine rings is 1. The lowest BCUT2D eigenvalue weighted by molar-refractivity contribution is -0.0569. The highest BCUT2D eigenvalue weighted by Crippen LogP contribution is 2.37. The number of likely N-dealkylation sites (tertiary alicyclic amines) is 1. The molecule has 1 aromatic carbocycles. The standard InChI is InChI=1S/C18H20N2O2/c1-2-5-15(6-3-1)13-20-11-8-18(9-12-20)14-21-16-7-4-10-19-17(16)22-18/h1-7,10H,8-9,11-14H2. The minimum absolute atomic E-state index is 0.200. The van der Waals surface area contributed by atoms with Gasteiger partial charge in [0.2, 0.25) is 0 Å². The smallest absolute Gasteiger partial charge is 0.257 e. The van der Waals surface area contributed by atoms with Gasteiger partial charge in [0, 0.05) is 38.7 Å². The van der Waals surface area contributed by atoms with Crippen LogP contribution in [0.5, 0.6) is 11.6 Å². The third-order valence-corrected chi connectivity index (χ3v) is 4.56. The Morgan fingerprint density at radius 1 is 1.05 bits per heavy atom. The van der Waals surface area contributed by atoms with E-state index in [1.807, 2.05) is 12.1 Å². The number of aromatic nitrogens is 1. The van der Waals surface area contributed by atoms with Crippen molar-refractivity contribution in [1.29, 1.82) is 0 Å². The van der Waals surface area contributed by atoms with Crippen molar-refractivity contribution in [3.63, 3.8) is 0 Å². The van der Waals surface area contributed by atoms with Gasteiger partial charge in [-0.1, -0.05) is 30.3 Å². The van der Waals surface area contributed by atoms with Crippen LogP contribution in [0.15, 0.2) is 48.7 Å². The second-order valence-electron chi connectivity index (χ2n) is 6.14. The van der Waals surface area contributed by atoms with Gasteiger partial charge in [-0.25, -0.2) is 4.98 Å². The van der Waals surface area contributed by atoms with Gasteiger partial charge >= 0.3 is 0 Å². The molecule has 4 nitrogen and oxygen atoms in total. The van der Waals surface area contributed by atoms with Crippen LogP contribution in [-0.4, -0.2) is 35.2 Å². The summed E-state index contributed by atoms with van der Waals surface area (Å²) in [7, 11) is 0. The minimum atomic E-state index is -0.200. The van der Waals surface area contributed by atoms with Crippen LogP contribution >= 0.6 is 0 Å². The monoisotopic (exact) mass is 296 g/mol. The predicted molar refractivity (Wildman–Crippen MR) is 84.0 cm³/mol. The van der Waals surface area contributed by atoms with E-state index in [1.54, 1.807) is 6.20 Å². The van der Waals surface area contributed by atoms with Crippen LogP contribution in [0.25, 0.3) is 0 Å². The molecule has 2 aliphatic rings. The average molecular weight is 296 g/mol. The molecule has 0 atom stereocenters. The molecular weight excluding hydrogens is 276 g/mol. The Labute approximate surface area is 130 Å². The maximum Gasteiger partial charge on any atom is 0.257 e. The molecule has 0 N–H and O–H groups in total. The Hall–Kier alpha value is -2.07. The van der Waals surface area contributed by atoms with E-state index in [4.69, 9.17) is 9.47 Å². The summed E-state index contributed by atoms with van der Waals surface area (Å²) in [5.41, 5.74) is 1.17. The summed E-state index contributed by atoms with van der Waals surface area (Å²) < 4.78 is 12.1. The molecule has 22 heavy (non-hydrogen) atoms. The van der Waals surface area contributed by atoms with Gasteiger partial charge in [0.1, 0.15) is 12.2 Å². The first-order chi connectivity index (χ1) is 10.8. The Kier molecular flexibility index (Phi) is 3.47. The zero-order valence-corrected chi connectivity index (χ0v) is 12.6. The van der Waals surface area contributed by atoms with Crippen LogP contribution in [0.3, 0.4) is 0 Å². The number of nitrogens with zero attached hydrogens (tertiary/aromatic N) is 2. The number of piperidine rings is 1. The van der Waals surface area contributed by atoms with Crippen molar-refractivity contribution >= 4 is 0 Å². The average Bonchev–Trinajstić information content (AvgIpc) is 2.58. The first-order valence-corrected chi connectivity index (χ1v) is 7.86. The van der Waals surface area contributed by atoms with E-state index in [9.17, 15) is 0 Å². The molecule has 2 aliphatic heterocycles. The summed E-state index contributed by atoms with van der Waals surface area (Å²) in [6.07, 6.45) is 3.72. The highest BCUT2D eigenvalue weighted by atomic mass is 16.6. The van der Waals surface area contributed by atoms with Crippen molar-refractivity contribution in [1.82, 2.24) is 9.88 Å². The van der Waals surface area contributed by atoms with Crippen molar-refractivity contribution in [3.8, 4) is 11.6 Å². The number of ether oxygens (including phenoxy) is 2.